The van der Waals surface area contributed by atoms with Crippen molar-refractivity contribution in [1.82, 2.24) is 10.2 Å². The molecule has 3 N–H and O–H groups in total. The fourth-order valence-electron chi connectivity index (χ4n) is 1.40. The lowest BCUT2D eigenvalue weighted by Crippen LogP contribution is -2.10. The van der Waals surface area contributed by atoms with Crippen LogP contribution in [0.2, 0.25) is 0 Å². The highest BCUT2D eigenvalue weighted by Crippen LogP contribution is 2.19. The van der Waals surface area contributed by atoms with E-state index in [0.29, 0.717) is 13.2 Å². The molecular weight excluding hydrogens is 218 g/mol. The van der Waals surface area contributed by atoms with Crippen LogP contribution in [0.3, 0.4) is 0 Å². The highest BCUT2D eigenvalue weighted by atomic mass is 16.5. The summed E-state index contributed by atoms with van der Waals surface area (Å²) in [5.41, 5.74) is 6.77. The Morgan fingerprint density at radius 3 is 2.53 bits per heavy atom. The third-order valence-corrected chi connectivity index (χ3v) is 2.22. The Labute approximate surface area is 98.2 Å². The first-order valence-electron chi connectivity index (χ1n) is 5.28. The molecule has 1 heterocycles. The lowest BCUT2D eigenvalue weighted by molar-refractivity contribution is 0.328. The van der Waals surface area contributed by atoms with Crippen LogP contribution in [0, 0.1) is 0 Å². The average Bonchev–Trinajstić information content (AvgIpc) is 2.38. The normalized spacial score (nSPS) is 10.2. The van der Waals surface area contributed by atoms with Crippen molar-refractivity contribution in [1.29, 1.82) is 0 Å². The van der Waals surface area contributed by atoms with E-state index >= 15 is 0 Å². The smallest absolute Gasteiger partial charge is 0.264 e. The molecule has 0 aliphatic carbocycles. The first kappa shape index (κ1) is 11.3. The molecule has 0 saturated carbocycles. The van der Waals surface area contributed by atoms with Crippen LogP contribution in [0.25, 0.3) is 11.3 Å². The van der Waals surface area contributed by atoms with Gasteiger partial charge in [0.2, 0.25) is 0 Å². The van der Waals surface area contributed by atoms with Crippen molar-refractivity contribution < 1.29 is 4.74 Å². The molecule has 5 heteroatoms. The molecule has 0 spiro atoms. The Morgan fingerprint density at radius 2 is 1.94 bits per heavy atom. The summed E-state index contributed by atoms with van der Waals surface area (Å²) in [6.07, 6.45) is 0. The molecule has 0 saturated heterocycles. The van der Waals surface area contributed by atoms with Crippen LogP contribution in [-0.2, 0) is 0 Å². The molecular formula is C12H13N3O2. The van der Waals surface area contributed by atoms with Gasteiger partial charge < -0.3 is 10.5 Å². The number of aromatic nitrogens is 2. The molecule has 2 rings (SSSR count). The molecule has 17 heavy (non-hydrogen) atoms. The van der Waals surface area contributed by atoms with Crippen LogP contribution < -0.4 is 16.0 Å². The van der Waals surface area contributed by atoms with Gasteiger partial charge in [-0.25, -0.2) is 5.10 Å². The minimum atomic E-state index is -0.211. The first-order valence-corrected chi connectivity index (χ1v) is 5.28. The van der Waals surface area contributed by atoms with E-state index < -0.39 is 0 Å². The zero-order chi connectivity index (χ0) is 12.1. The highest BCUT2D eigenvalue weighted by Gasteiger charge is 1.99. The molecule has 0 atom stereocenters. The van der Waals surface area contributed by atoms with Gasteiger partial charge in [-0.3, -0.25) is 4.79 Å². The van der Waals surface area contributed by atoms with Gasteiger partial charge in [0.05, 0.1) is 5.69 Å². The predicted octanol–water partition coefficient (Wildman–Crippen LogP) is 0.774. The second kappa shape index (κ2) is 5.27. The highest BCUT2D eigenvalue weighted by molar-refractivity contribution is 5.59. The molecule has 0 radical (unpaired) electrons. The van der Waals surface area contributed by atoms with Crippen LogP contribution in [0.5, 0.6) is 5.75 Å². The Bertz CT molecular complexity index is 514. The minimum Gasteiger partial charge on any atom is -0.492 e. The molecule has 5 nitrogen and oxygen atoms in total. The number of nitrogens with one attached hydrogen (secondary N) is 1. The number of H-pyrrole nitrogens is 1. The van der Waals surface area contributed by atoms with Gasteiger partial charge in [0.15, 0.2) is 0 Å². The summed E-state index contributed by atoms with van der Waals surface area (Å²) in [4.78, 5) is 10.9. The van der Waals surface area contributed by atoms with Crippen LogP contribution in [0.4, 0.5) is 0 Å². The zero-order valence-electron chi connectivity index (χ0n) is 9.22. The molecule has 0 bridgehead atoms. The Balaban J connectivity index is 2.17. The molecule has 88 valence electrons. The maximum atomic E-state index is 10.9. The second-order valence-electron chi connectivity index (χ2n) is 3.47. The lowest BCUT2D eigenvalue weighted by Gasteiger charge is -2.05. The van der Waals surface area contributed by atoms with Gasteiger partial charge in [-0.1, -0.05) is 0 Å². The van der Waals surface area contributed by atoms with Gasteiger partial charge in [-0.15, -0.1) is 0 Å². The van der Waals surface area contributed by atoms with Gasteiger partial charge in [0.1, 0.15) is 12.4 Å². The van der Waals surface area contributed by atoms with E-state index in [2.05, 4.69) is 10.2 Å². The number of nitrogens with two attached hydrogens (primary N) is 1. The number of hydrogen-bond donors (Lipinski definition) is 2. The van der Waals surface area contributed by atoms with E-state index in [0.717, 1.165) is 17.0 Å². The van der Waals surface area contributed by atoms with Crippen LogP contribution >= 0.6 is 0 Å². The van der Waals surface area contributed by atoms with Crippen molar-refractivity contribution in [3.63, 3.8) is 0 Å². The van der Waals surface area contributed by atoms with Crippen molar-refractivity contribution in [2.75, 3.05) is 13.2 Å². The van der Waals surface area contributed by atoms with E-state index in [1.54, 1.807) is 6.07 Å². The third-order valence-electron chi connectivity index (χ3n) is 2.22. The quantitative estimate of drug-likeness (QED) is 0.814. The molecule has 1 aromatic carbocycles. The largest absolute Gasteiger partial charge is 0.492 e. The van der Waals surface area contributed by atoms with Crippen LogP contribution in [-0.4, -0.2) is 23.3 Å². The lowest BCUT2D eigenvalue weighted by atomic mass is 10.1. The van der Waals surface area contributed by atoms with E-state index in [9.17, 15) is 4.79 Å². The maximum absolute atomic E-state index is 10.9. The molecule has 0 amide bonds. The zero-order valence-corrected chi connectivity index (χ0v) is 9.22. The fourth-order valence-corrected chi connectivity index (χ4v) is 1.40. The van der Waals surface area contributed by atoms with Crippen molar-refractivity contribution >= 4 is 0 Å². The van der Waals surface area contributed by atoms with Crippen molar-refractivity contribution in [3.05, 3.63) is 46.8 Å². The average molecular weight is 231 g/mol. The van der Waals surface area contributed by atoms with E-state index in [4.69, 9.17) is 10.5 Å². The Morgan fingerprint density at radius 1 is 1.18 bits per heavy atom. The van der Waals surface area contributed by atoms with E-state index in [1.165, 1.54) is 6.07 Å². The fraction of sp³-hybridized carbons (Fsp3) is 0.167. The van der Waals surface area contributed by atoms with Gasteiger partial charge >= 0.3 is 0 Å². The summed E-state index contributed by atoms with van der Waals surface area (Å²) >= 11 is 0. The molecule has 1 aromatic heterocycles. The van der Waals surface area contributed by atoms with Gasteiger partial charge in [-0.2, -0.15) is 5.10 Å². The van der Waals surface area contributed by atoms with Crippen LogP contribution in [0.1, 0.15) is 0 Å². The summed E-state index contributed by atoms with van der Waals surface area (Å²) in [5.74, 6) is 0.767. The number of aromatic amines is 1. The van der Waals surface area contributed by atoms with Crippen molar-refractivity contribution in [2.45, 2.75) is 0 Å². The summed E-state index contributed by atoms with van der Waals surface area (Å²) < 4.78 is 5.36. The topological polar surface area (TPSA) is 81.0 Å². The Hall–Kier alpha value is -2.14. The number of nitrogens with zero attached hydrogens (tertiary/aromatic N) is 1. The Kier molecular flexibility index (Phi) is 3.52. The monoisotopic (exact) mass is 231 g/mol. The van der Waals surface area contributed by atoms with Gasteiger partial charge in [-0.05, 0) is 30.3 Å². The SMILES string of the molecule is NCCOc1ccc(-c2ccc(=O)[nH]n2)cc1. The van der Waals surface area contributed by atoms with Crippen molar-refractivity contribution in [3.8, 4) is 17.0 Å². The summed E-state index contributed by atoms with van der Waals surface area (Å²) in [5, 5.41) is 6.34. The molecule has 2 aromatic rings. The summed E-state index contributed by atoms with van der Waals surface area (Å²) in [7, 11) is 0. The third kappa shape index (κ3) is 2.92. The summed E-state index contributed by atoms with van der Waals surface area (Å²) in [6, 6.07) is 10.6. The van der Waals surface area contributed by atoms with Gasteiger partial charge in [0.25, 0.3) is 5.56 Å². The maximum Gasteiger partial charge on any atom is 0.264 e. The number of rotatable bonds is 4. The number of ether oxygens (including phenoxy) is 1. The molecule has 0 aliphatic heterocycles. The van der Waals surface area contributed by atoms with Crippen LogP contribution in [0.15, 0.2) is 41.2 Å². The molecule has 0 aliphatic rings. The van der Waals surface area contributed by atoms with Gasteiger partial charge in [0, 0.05) is 18.2 Å². The van der Waals surface area contributed by atoms with E-state index in [-0.39, 0.29) is 5.56 Å². The molecule has 0 fully saturated rings. The number of hydrogen-bond acceptors (Lipinski definition) is 4. The number of benzene rings is 1. The molecule has 0 unspecified atom stereocenters. The predicted molar refractivity (Wildman–Crippen MR) is 64.8 cm³/mol. The summed E-state index contributed by atoms with van der Waals surface area (Å²) in [6.45, 7) is 0.986. The van der Waals surface area contributed by atoms with Crippen molar-refractivity contribution in [2.24, 2.45) is 5.73 Å². The van der Waals surface area contributed by atoms with E-state index in [1.807, 2.05) is 24.3 Å². The minimum absolute atomic E-state index is 0.211. The standard InChI is InChI=1S/C12H13N3O2/c13-7-8-17-10-3-1-9(2-4-10)11-5-6-12(16)15-14-11/h1-6H,7-8,13H2,(H,15,16). The second-order valence-corrected chi connectivity index (χ2v) is 3.47. The first-order chi connectivity index (χ1) is 8.29.